The average Bonchev–Trinajstić information content (AvgIpc) is 3.22. The third-order valence-electron chi connectivity index (χ3n) is 10.9. The van der Waals surface area contributed by atoms with E-state index in [0.29, 0.717) is 52.8 Å². The lowest BCUT2D eigenvalue weighted by Crippen LogP contribution is -2.61. The van der Waals surface area contributed by atoms with Gasteiger partial charge in [-0.3, -0.25) is 28.8 Å². The third kappa shape index (κ3) is 10.9. The van der Waals surface area contributed by atoms with Crippen LogP contribution in [0.5, 0.6) is 23.0 Å². The Balaban J connectivity index is 1.58. The number of carbonyl (C=O) groups is 6. The summed E-state index contributed by atoms with van der Waals surface area (Å²) in [4.78, 5) is 90.8. The van der Waals surface area contributed by atoms with Crippen LogP contribution in [0, 0.1) is 0 Å². The molecule has 60 heavy (non-hydrogen) atoms. The Labute approximate surface area is 351 Å². The maximum atomic E-state index is 14.8. The molecule has 0 saturated carbocycles. The molecule has 6 bridgehead atoms. The fourth-order valence-corrected chi connectivity index (χ4v) is 7.17. The summed E-state index contributed by atoms with van der Waals surface area (Å²) in [6.07, 6.45) is 0.0930. The molecule has 0 unspecified atom stereocenters. The highest BCUT2D eigenvalue weighted by atomic mass is 16.5. The van der Waals surface area contributed by atoms with Gasteiger partial charge in [-0.05, 0) is 88.0 Å². The van der Waals surface area contributed by atoms with Gasteiger partial charge in [-0.15, -0.1) is 0 Å². The molecule has 1 fully saturated rings. The number of nitrogens with one attached hydrogen (secondary N) is 3. The van der Waals surface area contributed by atoms with Crippen molar-refractivity contribution < 1.29 is 43.0 Å². The van der Waals surface area contributed by atoms with Crippen molar-refractivity contribution in [2.45, 2.75) is 76.3 Å². The standard InChI is InChI=1S/C44H57N7O9/c1-26-39(52)46-27(2)42(55)49(6)34(22-29-13-16-32(58-9)17-14-29)41(54)47-28(3)43(56)51(8)36-24-30-11-10-12-33(21-30)60-38-25-31(15-18-37(38)59-20-19-48(4)5)23-35(40(53)45-26)50(7)44(36)57/h10-18,21,25-28,34-36H,19-20,22-24H2,1-9H3,(H,45,53)(H,46,52)(H,47,54)/t26-,27+,28-,34+,35+,36+/m1/s1. The molecule has 5 rings (SSSR count). The van der Waals surface area contributed by atoms with Crippen LogP contribution in [0.3, 0.4) is 0 Å². The number of carbonyl (C=O) groups excluding carboxylic acids is 6. The SMILES string of the molecule is COc1ccc(C[C@H]2C(=O)N[C@H](C)C(=O)N(C)[C@H]3Cc4cccc(c4)Oc4cc(ccc4OCCN(C)C)C[C@@H](C(=O)N[C@H](C)C(=O)N[C@@H](C)C(=O)N2C)N(C)C3=O)cc1. The molecule has 322 valence electrons. The van der Waals surface area contributed by atoms with Crippen LogP contribution in [0.25, 0.3) is 0 Å². The molecule has 2 aliphatic rings. The monoisotopic (exact) mass is 827 g/mol. The van der Waals surface area contributed by atoms with E-state index < -0.39 is 71.7 Å². The van der Waals surface area contributed by atoms with E-state index in [4.69, 9.17) is 14.2 Å². The molecule has 3 aromatic rings. The van der Waals surface area contributed by atoms with E-state index in [2.05, 4.69) is 16.0 Å². The first-order valence-electron chi connectivity index (χ1n) is 20.0. The van der Waals surface area contributed by atoms with Crippen molar-refractivity contribution in [1.82, 2.24) is 35.6 Å². The van der Waals surface area contributed by atoms with Crippen molar-refractivity contribution in [3.05, 3.63) is 83.4 Å². The Morgan fingerprint density at radius 1 is 0.683 bits per heavy atom. The number of hydrogen-bond acceptors (Lipinski definition) is 10. The summed E-state index contributed by atoms with van der Waals surface area (Å²) in [5.74, 6) is -1.66. The van der Waals surface area contributed by atoms with Gasteiger partial charge < -0.3 is 49.8 Å². The molecule has 16 heteroatoms. The zero-order valence-corrected chi connectivity index (χ0v) is 35.8. The lowest BCUT2D eigenvalue weighted by molar-refractivity contribution is -0.149. The second kappa shape index (κ2) is 19.7. The van der Waals surface area contributed by atoms with Gasteiger partial charge in [0.1, 0.15) is 54.4 Å². The molecule has 6 atom stereocenters. The van der Waals surface area contributed by atoms with Gasteiger partial charge in [-0.2, -0.15) is 0 Å². The van der Waals surface area contributed by atoms with Crippen LogP contribution in [0.4, 0.5) is 0 Å². The zero-order chi connectivity index (χ0) is 43.8. The maximum Gasteiger partial charge on any atom is 0.246 e. The molecule has 3 aromatic carbocycles. The Morgan fingerprint density at radius 2 is 1.28 bits per heavy atom. The summed E-state index contributed by atoms with van der Waals surface area (Å²) >= 11 is 0. The molecule has 1 saturated heterocycles. The largest absolute Gasteiger partial charge is 0.497 e. The van der Waals surface area contributed by atoms with Gasteiger partial charge >= 0.3 is 0 Å². The van der Waals surface area contributed by atoms with E-state index >= 15 is 0 Å². The number of likely N-dealkylation sites (N-methyl/N-ethyl adjacent to an activating group) is 4. The fourth-order valence-electron chi connectivity index (χ4n) is 7.17. The van der Waals surface area contributed by atoms with Crippen LogP contribution in [0.15, 0.2) is 66.7 Å². The van der Waals surface area contributed by atoms with Gasteiger partial charge in [0.15, 0.2) is 11.5 Å². The number of methoxy groups -OCH3 is 1. The molecule has 6 amide bonds. The van der Waals surface area contributed by atoms with Crippen molar-refractivity contribution in [1.29, 1.82) is 0 Å². The Kier molecular flexibility index (Phi) is 14.8. The molecule has 2 heterocycles. The summed E-state index contributed by atoms with van der Waals surface area (Å²) in [6, 6.07) is 12.6. The number of ether oxygens (including phenoxy) is 3. The number of rotatable bonds is 7. The fraction of sp³-hybridized carbons (Fsp3) is 0.455. The first-order valence-corrected chi connectivity index (χ1v) is 20.0. The highest BCUT2D eigenvalue weighted by Gasteiger charge is 2.39. The van der Waals surface area contributed by atoms with E-state index in [9.17, 15) is 28.8 Å². The maximum absolute atomic E-state index is 14.8. The number of nitrogens with zero attached hydrogens (tertiary/aromatic N) is 4. The van der Waals surface area contributed by atoms with Crippen LogP contribution >= 0.6 is 0 Å². The van der Waals surface area contributed by atoms with E-state index in [0.717, 1.165) is 0 Å². The summed E-state index contributed by atoms with van der Waals surface area (Å²) in [5.41, 5.74) is 1.99. The second-order valence-electron chi connectivity index (χ2n) is 15.7. The summed E-state index contributed by atoms with van der Waals surface area (Å²) < 4.78 is 17.8. The molecule has 0 aromatic heterocycles. The minimum atomic E-state index is -1.17. The molecule has 0 radical (unpaired) electrons. The Bertz CT molecular complexity index is 2060. The van der Waals surface area contributed by atoms with Crippen molar-refractivity contribution >= 4 is 35.4 Å². The number of benzene rings is 3. The van der Waals surface area contributed by atoms with E-state index in [1.54, 1.807) is 60.7 Å². The topological polar surface area (TPSA) is 179 Å². The predicted octanol–water partition coefficient (Wildman–Crippen LogP) is 1.78. The Hall–Kier alpha value is -6.16. The highest BCUT2D eigenvalue weighted by Crippen LogP contribution is 2.34. The van der Waals surface area contributed by atoms with Crippen molar-refractivity contribution in [2.75, 3.05) is 55.5 Å². The second-order valence-corrected chi connectivity index (χ2v) is 15.7. The first-order chi connectivity index (χ1) is 28.5. The van der Waals surface area contributed by atoms with Gasteiger partial charge in [-0.25, -0.2) is 0 Å². The lowest BCUT2D eigenvalue weighted by Gasteiger charge is -2.36. The van der Waals surface area contributed by atoms with Crippen LogP contribution in [0.1, 0.15) is 37.5 Å². The quantitative estimate of drug-likeness (QED) is 0.318. The predicted molar refractivity (Wildman–Crippen MR) is 224 cm³/mol. The molecule has 16 nitrogen and oxygen atoms in total. The van der Waals surface area contributed by atoms with Crippen LogP contribution in [-0.2, 0) is 48.0 Å². The molecule has 0 aliphatic carbocycles. The molecular formula is C44H57N7O9. The van der Waals surface area contributed by atoms with Crippen molar-refractivity contribution in [2.24, 2.45) is 0 Å². The molecule has 3 N–H and O–H groups in total. The highest BCUT2D eigenvalue weighted by molar-refractivity contribution is 5.98. The minimum Gasteiger partial charge on any atom is -0.497 e. The van der Waals surface area contributed by atoms with Gasteiger partial charge in [0.2, 0.25) is 35.4 Å². The Morgan fingerprint density at radius 3 is 1.95 bits per heavy atom. The van der Waals surface area contributed by atoms with E-state index in [1.165, 1.54) is 63.7 Å². The van der Waals surface area contributed by atoms with Crippen LogP contribution < -0.4 is 30.2 Å². The zero-order valence-electron chi connectivity index (χ0n) is 35.8. The van der Waals surface area contributed by atoms with Gasteiger partial charge in [-0.1, -0.05) is 30.3 Å². The number of hydrogen-bond donors (Lipinski definition) is 3. The van der Waals surface area contributed by atoms with Crippen molar-refractivity contribution in [3.8, 4) is 23.0 Å². The van der Waals surface area contributed by atoms with Gasteiger partial charge in [0.25, 0.3) is 0 Å². The normalized spacial score (nSPS) is 23.6. The van der Waals surface area contributed by atoms with Crippen LogP contribution in [-0.4, -0.2) is 147 Å². The number of fused-ring (bicyclic) bond motifs is 7. The molecule has 0 spiro atoms. The van der Waals surface area contributed by atoms with Crippen molar-refractivity contribution in [3.63, 3.8) is 0 Å². The molecule has 2 aliphatic heterocycles. The molecular weight excluding hydrogens is 771 g/mol. The van der Waals surface area contributed by atoms with E-state index in [-0.39, 0.29) is 19.3 Å². The first kappa shape index (κ1) is 44.9. The summed E-state index contributed by atoms with van der Waals surface area (Å²) in [6.45, 7) is 5.51. The minimum absolute atomic E-state index is 0.000438. The van der Waals surface area contributed by atoms with Gasteiger partial charge in [0.05, 0.1) is 7.11 Å². The summed E-state index contributed by atoms with van der Waals surface area (Å²) in [7, 11) is 9.83. The third-order valence-corrected chi connectivity index (χ3v) is 10.9. The van der Waals surface area contributed by atoms with Gasteiger partial charge in [0, 0.05) is 47.0 Å². The summed E-state index contributed by atoms with van der Waals surface area (Å²) in [5, 5.41) is 8.19. The average molecular weight is 828 g/mol. The van der Waals surface area contributed by atoms with E-state index in [1.807, 2.05) is 25.1 Å². The van der Waals surface area contributed by atoms with Crippen LogP contribution in [0.2, 0.25) is 0 Å². The smallest absolute Gasteiger partial charge is 0.246 e. The number of amides is 6. The lowest BCUT2D eigenvalue weighted by atomic mass is 9.99.